The third kappa shape index (κ3) is 5.23. The van der Waals surface area contributed by atoms with Gasteiger partial charge in [-0.3, -0.25) is 4.90 Å². The molecule has 0 heterocycles. The van der Waals surface area contributed by atoms with Gasteiger partial charge in [0.05, 0.1) is 6.61 Å². The van der Waals surface area contributed by atoms with Crippen molar-refractivity contribution in [1.82, 2.24) is 4.90 Å². The van der Waals surface area contributed by atoms with Crippen molar-refractivity contribution in [3.05, 3.63) is 33.8 Å². The Labute approximate surface area is 112 Å². The molecule has 17 heavy (non-hydrogen) atoms. The second-order valence-corrected chi connectivity index (χ2v) is 4.66. The first-order chi connectivity index (χ1) is 8.17. The smallest absolute Gasteiger partial charge is 0.0558 e. The maximum atomic E-state index is 8.97. The molecule has 1 aromatic carbocycles. The van der Waals surface area contributed by atoms with Crippen LogP contribution >= 0.6 is 23.2 Å². The average molecular weight is 278 g/mol. The highest BCUT2D eigenvalue weighted by Gasteiger charge is 2.08. The predicted octanol–water partition coefficient (Wildman–Crippen LogP) is 2.17. The van der Waals surface area contributed by atoms with Crippen molar-refractivity contribution in [3.63, 3.8) is 0 Å². The molecule has 0 aliphatic rings. The Hall–Kier alpha value is -0.320. The minimum atomic E-state index is 0.0869. The first kappa shape index (κ1) is 14.7. The Kier molecular flexibility index (Phi) is 6.85. The molecule has 0 radical (unpaired) electrons. The summed E-state index contributed by atoms with van der Waals surface area (Å²) in [6.07, 6.45) is 0.679. The molecule has 0 saturated heterocycles. The zero-order valence-corrected chi connectivity index (χ0v) is 11.1. The number of halogens is 2. The summed E-state index contributed by atoms with van der Waals surface area (Å²) in [6.45, 7) is 2.14. The van der Waals surface area contributed by atoms with E-state index in [4.69, 9.17) is 33.4 Å². The molecule has 0 bridgehead atoms. The van der Waals surface area contributed by atoms with E-state index < -0.39 is 0 Å². The zero-order valence-electron chi connectivity index (χ0n) is 9.57. The SMILES string of the molecule is OCCCN(CCO)Cc1cc(Cl)ccc1Cl. The van der Waals surface area contributed by atoms with E-state index in [9.17, 15) is 0 Å². The molecule has 96 valence electrons. The van der Waals surface area contributed by atoms with Crippen LogP contribution < -0.4 is 0 Å². The largest absolute Gasteiger partial charge is 0.396 e. The van der Waals surface area contributed by atoms with Crippen LogP contribution in [0.4, 0.5) is 0 Å². The van der Waals surface area contributed by atoms with Crippen LogP contribution in [0.5, 0.6) is 0 Å². The molecule has 0 spiro atoms. The lowest BCUT2D eigenvalue weighted by Crippen LogP contribution is -2.28. The summed E-state index contributed by atoms with van der Waals surface area (Å²) in [7, 11) is 0. The van der Waals surface area contributed by atoms with Crippen molar-refractivity contribution in [3.8, 4) is 0 Å². The maximum Gasteiger partial charge on any atom is 0.0558 e. The van der Waals surface area contributed by atoms with Crippen molar-refractivity contribution in [2.45, 2.75) is 13.0 Å². The number of aliphatic hydroxyl groups is 2. The first-order valence-electron chi connectivity index (χ1n) is 5.55. The van der Waals surface area contributed by atoms with Gasteiger partial charge in [-0.15, -0.1) is 0 Å². The van der Waals surface area contributed by atoms with Crippen LogP contribution in [0.1, 0.15) is 12.0 Å². The van der Waals surface area contributed by atoms with Gasteiger partial charge < -0.3 is 10.2 Å². The Morgan fingerprint density at radius 2 is 1.82 bits per heavy atom. The van der Waals surface area contributed by atoms with E-state index in [1.165, 1.54) is 0 Å². The van der Waals surface area contributed by atoms with E-state index in [1.54, 1.807) is 12.1 Å². The summed E-state index contributed by atoms with van der Waals surface area (Å²) in [6, 6.07) is 5.34. The molecule has 1 aromatic rings. The summed E-state index contributed by atoms with van der Waals surface area (Å²) >= 11 is 12.0. The number of rotatable bonds is 7. The van der Waals surface area contributed by atoms with Gasteiger partial charge in [0.1, 0.15) is 0 Å². The highest BCUT2D eigenvalue weighted by molar-refractivity contribution is 6.33. The molecule has 0 aliphatic heterocycles. The average Bonchev–Trinajstić information content (AvgIpc) is 2.31. The quantitative estimate of drug-likeness (QED) is 0.803. The lowest BCUT2D eigenvalue weighted by Gasteiger charge is -2.21. The Bertz CT molecular complexity index is 347. The summed E-state index contributed by atoms with van der Waals surface area (Å²) in [4.78, 5) is 2.04. The first-order valence-corrected chi connectivity index (χ1v) is 6.31. The normalized spacial score (nSPS) is 11.1. The molecular weight excluding hydrogens is 261 g/mol. The van der Waals surface area contributed by atoms with Crippen LogP contribution in [0.2, 0.25) is 10.0 Å². The summed E-state index contributed by atoms with van der Waals surface area (Å²) in [5.74, 6) is 0. The summed E-state index contributed by atoms with van der Waals surface area (Å²) in [5, 5.41) is 19.1. The minimum Gasteiger partial charge on any atom is -0.396 e. The van der Waals surface area contributed by atoms with Crippen LogP contribution in [-0.4, -0.2) is 41.4 Å². The molecule has 5 heteroatoms. The van der Waals surface area contributed by atoms with Crippen molar-refractivity contribution < 1.29 is 10.2 Å². The van der Waals surface area contributed by atoms with Gasteiger partial charge in [-0.2, -0.15) is 0 Å². The Morgan fingerprint density at radius 1 is 1.06 bits per heavy atom. The van der Waals surface area contributed by atoms with E-state index in [-0.39, 0.29) is 13.2 Å². The van der Waals surface area contributed by atoms with Crippen LogP contribution in [-0.2, 0) is 6.54 Å². The number of aliphatic hydroxyl groups excluding tert-OH is 2. The van der Waals surface area contributed by atoms with E-state index in [2.05, 4.69) is 0 Å². The van der Waals surface area contributed by atoms with Gasteiger partial charge in [-0.25, -0.2) is 0 Å². The van der Waals surface area contributed by atoms with Gasteiger partial charge in [-0.05, 0) is 30.2 Å². The molecular formula is C12H17Cl2NO2. The molecule has 0 saturated carbocycles. The lowest BCUT2D eigenvalue weighted by molar-refractivity contribution is 0.174. The number of nitrogens with zero attached hydrogens (tertiary/aromatic N) is 1. The summed E-state index contributed by atoms with van der Waals surface area (Å²) < 4.78 is 0. The maximum absolute atomic E-state index is 8.97. The van der Waals surface area contributed by atoms with Crippen molar-refractivity contribution in [1.29, 1.82) is 0 Å². The van der Waals surface area contributed by atoms with Crippen molar-refractivity contribution >= 4 is 23.2 Å². The molecule has 0 unspecified atom stereocenters. The van der Waals surface area contributed by atoms with Crippen molar-refractivity contribution in [2.75, 3.05) is 26.3 Å². The highest BCUT2D eigenvalue weighted by atomic mass is 35.5. The molecule has 2 N–H and O–H groups in total. The highest BCUT2D eigenvalue weighted by Crippen LogP contribution is 2.22. The van der Waals surface area contributed by atoms with Gasteiger partial charge >= 0.3 is 0 Å². The third-order valence-electron chi connectivity index (χ3n) is 2.45. The minimum absolute atomic E-state index is 0.0869. The van der Waals surface area contributed by atoms with E-state index in [1.807, 2.05) is 11.0 Å². The topological polar surface area (TPSA) is 43.7 Å². The van der Waals surface area contributed by atoms with E-state index in [0.717, 1.165) is 12.1 Å². The fraction of sp³-hybridized carbons (Fsp3) is 0.500. The van der Waals surface area contributed by atoms with Crippen LogP contribution in [0, 0.1) is 0 Å². The van der Waals surface area contributed by atoms with Gasteiger partial charge in [-0.1, -0.05) is 23.2 Å². The van der Waals surface area contributed by atoms with E-state index >= 15 is 0 Å². The monoisotopic (exact) mass is 277 g/mol. The molecule has 1 rings (SSSR count). The van der Waals surface area contributed by atoms with Crippen LogP contribution in [0.3, 0.4) is 0 Å². The Morgan fingerprint density at radius 3 is 2.47 bits per heavy atom. The fourth-order valence-corrected chi connectivity index (χ4v) is 1.98. The second-order valence-electron chi connectivity index (χ2n) is 3.81. The standard InChI is InChI=1S/C12H17Cl2NO2/c13-11-2-3-12(14)10(8-11)9-15(5-7-17)4-1-6-16/h2-3,8,16-17H,1,4-7,9H2. The molecule has 0 aliphatic carbocycles. The van der Waals surface area contributed by atoms with E-state index in [0.29, 0.717) is 29.6 Å². The molecule has 0 fully saturated rings. The van der Waals surface area contributed by atoms with Crippen LogP contribution in [0.25, 0.3) is 0 Å². The molecule has 0 amide bonds. The lowest BCUT2D eigenvalue weighted by atomic mass is 10.2. The molecule has 3 nitrogen and oxygen atoms in total. The molecule has 0 atom stereocenters. The predicted molar refractivity (Wildman–Crippen MR) is 70.5 cm³/mol. The third-order valence-corrected chi connectivity index (χ3v) is 3.05. The number of hydrogen-bond acceptors (Lipinski definition) is 3. The van der Waals surface area contributed by atoms with Gasteiger partial charge in [0.25, 0.3) is 0 Å². The second kappa shape index (κ2) is 7.90. The molecule has 0 aromatic heterocycles. The van der Waals surface area contributed by atoms with Crippen molar-refractivity contribution in [2.24, 2.45) is 0 Å². The van der Waals surface area contributed by atoms with Gasteiger partial charge in [0, 0.05) is 36.3 Å². The van der Waals surface area contributed by atoms with Gasteiger partial charge in [0.2, 0.25) is 0 Å². The van der Waals surface area contributed by atoms with Crippen LogP contribution in [0.15, 0.2) is 18.2 Å². The fourth-order valence-electron chi connectivity index (χ4n) is 1.61. The number of benzene rings is 1. The summed E-state index contributed by atoms with van der Waals surface area (Å²) in [5.41, 5.74) is 0.936. The number of hydrogen-bond donors (Lipinski definition) is 2. The van der Waals surface area contributed by atoms with Gasteiger partial charge in [0.15, 0.2) is 0 Å². The zero-order chi connectivity index (χ0) is 12.7. The Balaban J connectivity index is 2.67.